The Morgan fingerprint density at radius 1 is 1.03 bits per heavy atom. The van der Waals surface area contributed by atoms with Crippen LogP contribution in [0.25, 0.3) is 11.0 Å². The van der Waals surface area contributed by atoms with Gasteiger partial charge >= 0.3 is 0 Å². The van der Waals surface area contributed by atoms with Crippen LogP contribution in [0.2, 0.25) is 5.02 Å². The van der Waals surface area contributed by atoms with E-state index in [4.69, 9.17) is 25.5 Å². The lowest BCUT2D eigenvalue weighted by molar-refractivity contribution is 0.0714. The molecule has 0 bridgehead atoms. The highest BCUT2D eigenvalue weighted by Gasteiger charge is 2.43. The predicted octanol–water partition coefficient (Wildman–Crippen LogP) is 7.15. The summed E-state index contributed by atoms with van der Waals surface area (Å²) in [5.74, 6) is 0.493. The van der Waals surface area contributed by atoms with Crippen molar-refractivity contribution in [1.29, 1.82) is 0 Å². The Labute approximate surface area is 230 Å². The number of amides is 1. The van der Waals surface area contributed by atoms with E-state index in [-0.39, 0.29) is 28.8 Å². The molecule has 1 aliphatic rings. The molecule has 1 amide bonds. The molecular weight excluding hydrogens is 521 g/mol. The van der Waals surface area contributed by atoms with Gasteiger partial charge in [0.05, 0.1) is 30.2 Å². The highest BCUT2D eigenvalue weighted by atomic mass is 35.5. The number of benzene rings is 3. The zero-order valence-corrected chi connectivity index (χ0v) is 22.8. The van der Waals surface area contributed by atoms with Crippen molar-refractivity contribution in [2.24, 2.45) is 5.92 Å². The van der Waals surface area contributed by atoms with E-state index in [1.165, 1.54) is 12.1 Å². The standard InChI is InChI=1S/C31H29ClFNO5/c1-4-37-26-15-19(9-11-25(26)38-14-13-18(2)3)28-27-29(35)22-16-21(33)10-12-24(22)39-30(27)31(36)34(28)17-20-7-5-6-8-23(20)32/h5-12,15-16,18,28H,4,13-14,17H2,1-3H3. The number of rotatable bonds is 9. The lowest BCUT2D eigenvalue weighted by Gasteiger charge is -2.26. The number of halogens is 2. The summed E-state index contributed by atoms with van der Waals surface area (Å²) in [4.78, 5) is 29.1. The number of hydrogen-bond acceptors (Lipinski definition) is 5. The molecule has 39 heavy (non-hydrogen) atoms. The minimum absolute atomic E-state index is 0.0635. The van der Waals surface area contributed by atoms with Crippen LogP contribution in [0.15, 0.2) is 69.9 Å². The third-order valence-corrected chi connectivity index (χ3v) is 7.13. The topological polar surface area (TPSA) is 69.0 Å². The van der Waals surface area contributed by atoms with Gasteiger partial charge in [0.2, 0.25) is 5.76 Å². The first-order valence-electron chi connectivity index (χ1n) is 13.0. The van der Waals surface area contributed by atoms with Crippen molar-refractivity contribution in [1.82, 2.24) is 4.90 Å². The first-order chi connectivity index (χ1) is 18.8. The molecule has 1 atom stereocenters. The van der Waals surface area contributed by atoms with Crippen molar-refractivity contribution < 1.29 is 23.1 Å². The lowest BCUT2D eigenvalue weighted by Crippen LogP contribution is -2.29. The second kappa shape index (κ2) is 11.1. The zero-order chi connectivity index (χ0) is 27.7. The van der Waals surface area contributed by atoms with E-state index in [1.54, 1.807) is 23.1 Å². The van der Waals surface area contributed by atoms with Crippen LogP contribution >= 0.6 is 11.6 Å². The van der Waals surface area contributed by atoms with Gasteiger partial charge in [0.15, 0.2) is 16.9 Å². The lowest BCUT2D eigenvalue weighted by atomic mass is 9.97. The number of nitrogens with zero attached hydrogens (tertiary/aromatic N) is 1. The van der Waals surface area contributed by atoms with E-state index in [2.05, 4.69) is 13.8 Å². The summed E-state index contributed by atoms with van der Waals surface area (Å²) in [5, 5.41) is 0.570. The number of carbonyl (C=O) groups excluding carboxylic acids is 1. The molecule has 202 valence electrons. The second-order valence-corrected chi connectivity index (χ2v) is 10.3. The Bertz CT molecular complexity index is 1600. The summed E-state index contributed by atoms with van der Waals surface area (Å²) < 4.78 is 31.9. The summed E-state index contributed by atoms with van der Waals surface area (Å²) in [6.45, 7) is 7.19. The van der Waals surface area contributed by atoms with Crippen molar-refractivity contribution in [2.75, 3.05) is 13.2 Å². The van der Waals surface area contributed by atoms with Gasteiger partial charge in [-0.05, 0) is 66.8 Å². The van der Waals surface area contributed by atoms with Crippen LogP contribution in [0, 0.1) is 11.7 Å². The van der Waals surface area contributed by atoms with Crippen molar-refractivity contribution in [3.8, 4) is 11.5 Å². The Morgan fingerprint density at radius 3 is 2.56 bits per heavy atom. The maximum atomic E-state index is 14.1. The Kier molecular flexibility index (Phi) is 7.62. The van der Waals surface area contributed by atoms with Crippen molar-refractivity contribution >= 4 is 28.5 Å². The van der Waals surface area contributed by atoms with Gasteiger partial charge in [-0.3, -0.25) is 9.59 Å². The molecule has 0 saturated carbocycles. The molecule has 1 aromatic heterocycles. The summed E-state index contributed by atoms with van der Waals surface area (Å²) in [6.07, 6.45) is 0.883. The maximum absolute atomic E-state index is 14.1. The molecule has 8 heteroatoms. The minimum atomic E-state index is -0.809. The summed E-state index contributed by atoms with van der Waals surface area (Å²) in [6, 6.07) is 15.5. The van der Waals surface area contributed by atoms with E-state index in [0.29, 0.717) is 46.8 Å². The Balaban J connectivity index is 1.65. The molecule has 0 N–H and O–H groups in total. The molecule has 3 aromatic carbocycles. The van der Waals surface area contributed by atoms with Gasteiger partial charge in [-0.15, -0.1) is 0 Å². The van der Waals surface area contributed by atoms with E-state index in [0.717, 1.165) is 12.5 Å². The summed E-state index contributed by atoms with van der Waals surface area (Å²) in [5.41, 5.74) is 1.20. The van der Waals surface area contributed by atoms with E-state index >= 15 is 0 Å². The van der Waals surface area contributed by atoms with Crippen LogP contribution < -0.4 is 14.9 Å². The average molecular weight is 550 g/mol. The van der Waals surface area contributed by atoms with Crippen LogP contribution in [0.4, 0.5) is 4.39 Å². The van der Waals surface area contributed by atoms with Crippen LogP contribution in [0.1, 0.15) is 60.5 Å². The monoisotopic (exact) mass is 549 g/mol. The van der Waals surface area contributed by atoms with Crippen molar-refractivity contribution in [3.63, 3.8) is 0 Å². The smallest absolute Gasteiger partial charge is 0.291 e. The molecule has 1 unspecified atom stereocenters. The normalized spacial score (nSPS) is 14.8. The Morgan fingerprint density at radius 2 is 1.82 bits per heavy atom. The fourth-order valence-electron chi connectivity index (χ4n) is 4.80. The molecule has 0 radical (unpaired) electrons. The number of fused-ring (bicyclic) bond motifs is 2. The molecular formula is C31H29ClFNO5. The third kappa shape index (κ3) is 5.23. The second-order valence-electron chi connectivity index (χ2n) is 9.91. The number of carbonyl (C=O) groups is 1. The molecule has 0 aliphatic carbocycles. The molecule has 0 fully saturated rings. The number of ether oxygens (including phenoxy) is 2. The minimum Gasteiger partial charge on any atom is -0.490 e. The SMILES string of the molecule is CCOc1cc(C2c3c(oc4ccc(F)cc4c3=O)C(=O)N2Cc2ccccc2Cl)ccc1OCCC(C)C. The van der Waals surface area contributed by atoms with Gasteiger partial charge in [-0.25, -0.2) is 4.39 Å². The molecule has 0 spiro atoms. The summed E-state index contributed by atoms with van der Waals surface area (Å²) >= 11 is 6.45. The molecule has 1 aliphatic heterocycles. The van der Waals surface area contributed by atoms with Gasteiger partial charge in [-0.1, -0.05) is 49.7 Å². The highest BCUT2D eigenvalue weighted by molar-refractivity contribution is 6.31. The fraction of sp³-hybridized carbons (Fsp3) is 0.290. The molecule has 6 nitrogen and oxygen atoms in total. The first-order valence-corrected chi connectivity index (χ1v) is 13.4. The maximum Gasteiger partial charge on any atom is 0.291 e. The van der Waals surface area contributed by atoms with Crippen LogP contribution in [-0.2, 0) is 6.54 Å². The molecule has 4 aromatic rings. The van der Waals surface area contributed by atoms with Crippen LogP contribution in [0.5, 0.6) is 11.5 Å². The van der Waals surface area contributed by atoms with Gasteiger partial charge in [0, 0.05) is 11.6 Å². The van der Waals surface area contributed by atoms with E-state index in [9.17, 15) is 14.0 Å². The van der Waals surface area contributed by atoms with Crippen molar-refractivity contribution in [2.45, 2.75) is 39.8 Å². The molecule has 0 saturated heterocycles. The highest BCUT2D eigenvalue weighted by Crippen LogP contribution is 2.42. The van der Waals surface area contributed by atoms with E-state index < -0.39 is 23.2 Å². The predicted molar refractivity (Wildman–Crippen MR) is 148 cm³/mol. The number of hydrogen-bond donors (Lipinski definition) is 0. The van der Waals surface area contributed by atoms with E-state index in [1.807, 2.05) is 31.2 Å². The van der Waals surface area contributed by atoms with Gasteiger partial charge in [0.25, 0.3) is 5.91 Å². The fourth-order valence-corrected chi connectivity index (χ4v) is 4.99. The van der Waals surface area contributed by atoms with Crippen LogP contribution in [0.3, 0.4) is 0 Å². The average Bonchev–Trinajstić information content (AvgIpc) is 3.18. The van der Waals surface area contributed by atoms with Gasteiger partial charge in [-0.2, -0.15) is 0 Å². The van der Waals surface area contributed by atoms with Crippen LogP contribution in [-0.4, -0.2) is 24.0 Å². The first kappa shape index (κ1) is 26.8. The van der Waals surface area contributed by atoms with Gasteiger partial charge in [0.1, 0.15) is 11.4 Å². The van der Waals surface area contributed by atoms with Crippen molar-refractivity contribution in [3.05, 3.63) is 104 Å². The third-order valence-electron chi connectivity index (χ3n) is 6.76. The Hall–Kier alpha value is -3.84. The summed E-state index contributed by atoms with van der Waals surface area (Å²) in [7, 11) is 0. The molecule has 5 rings (SSSR count). The van der Waals surface area contributed by atoms with Gasteiger partial charge < -0.3 is 18.8 Å². The molecule has 2 heterocycles. The quantitative estimate of drug-likeness (QED) is 0.222. The largest absolute Gasteiger partial charge is 0.490 e. The zero-order valence-electron chi connectivity index (χ0n) is 22.0.